The number of rotatable bonds is 4. The molecule has 4 heteroatoms. The van der Waals surface area contributed by atoms with Crippen LogP contribution in [0.5, 0.6) is 0 Å². The van der Waals surface area contributed by atoms with E-state index < -0.39 is 0 Å². The van der Waals surface area contributed by atoms with Crippen LogP contribution in [0.15, 0.2) is 5.38 Å². The molecule has 3 nitrogen and oxygen atoms in total. The minimum absolute atomic E-state index is 0.703. The fourth-order valence-electron chi connectivity index (χ4n) is 3.52. The number of thiazole rings is 1. The Bertz CT molecular complexity index is 454. The average Bonchev–Trinajstić information content (AvgIpc) is 3.16. The third kappa shape index (κ3) is 2.24. The van der Waals surface area contributed by atoms with Crippen molar-refractivity contribution >= 4 is 11.3 Å². The maximum atomic E-state index is 4.84. The van der Waals surface area contributed by atoms with Crippen molar-refractivity contribution in [2.45, 2.75) is 63.7 Å². The Hall–Kier alpha value is -0.450. The van der Waals surface area contributed by atoms with Gasteiger partial charge in [0.15, 0.2) is 0 Å². The first-order valence-electron chi connectivity index (χ1n) is 7.65. The number of piperidine rings is 1. The Balaban J connectivity index is 1.39. The van der Waals surface area contributed by atoms with E-state index in [1.807, 2.05) is 11.3 Å². The maximum absolute atomic E-state index is 4.84. The summed E-state index contributed by atoms with van der Waals surface area (Å²) in [5.41, 5.74) is 1.37. The highest BCUT2D eigenvalue weighted by atomic mass is 32.1. The lowest BCUT2D eigenvalue weighted by atomic mass is 9.87. The van der Waals surface area contributed by atoms with Crippen LogP contribution in [0.1, 0.15) is 49.7 Å². The van der Waals surface area contributed by atoms with Gasteiger partial charge < -0.3 is 0 Å². The summed E-state index contributed by atoms with van der Waals surface area (Å²) in [5.74, 6) is 0.803. The monoisotopic (exact) mass is 277 g/mol. The van der Waals surface area contributed by atoms with E-state index >= 15 is 0 Å². The van der Waals surface area contributed by atoms with Crippen molar-refractivity contribution in [2.24, 2.45) is 0 Å². The predicted molar refractivity (Wildman–Crippen MR) is 78.5 cm³/mol. The van der Waals surface area contributed by atoms with Gasteiger partial charge in [-0.15, -0.1) is 11.3 Å². The average molecular weight is 277 g/mol. The summed E-state index contributed by atoms with van der Waals surface area (Å²) in [6.45, 7) is 8.25. The molecule has 1 saturated carbocycles. The molecule has 0 radical (unpaired) electrons. The maximum Gasteiger partial charge on any atom is 0.107 e. The van der Waals surface area contributed by atoms with E-state index in [1.54, 1.807) is 0 Å². The van der Waals surface area contributed by atoms with E-state index in [0.29, 0.717) is 6.04 Å². The van der Waals surface area contributed by atoms with Gasteiger partial charge in [-0.2, -0.15) is 0 Å². The molecule has 1 aromatic heterocycles. The van der Waals surface area contributed by atoms with Crippen molar-refractivity contribution in [1.82, 2.24) is 14.8 Å². The molecule has 1 aliphatic carbocycles. The summed E-state index contributed by atoms with van der Waals surface area (Å²) < 4.78 is 0. The van der Waals surface area contributed by atoms with Crippen molar-refractivity contribution in [3.8, 4) is 0 Å². The third-order valence-corrected chi connectivity index (χ3v) is 5.84. The first-order chi connectivity index (χ1) is 9.20. The zero-order valence-corrected chi connectivity index (χ0v) is 12.7. The van der Waals surface area contributed by atoms with Gasteiger partial charge in [-0.25, -0.2) is 4.98 Å². The highest BCUT2D eigenvalue weighted by molar-refractivity contribution is 7.09. The van der Waals surface area contributed by atoms with Gasteiger partial charge in [-0.05, 0) is 33.1 Å². The number of hydrogen-bond donors (Lipinski definition) is 0. The van der Waals surface area contributed by atoms with Crippen molar-refractivity contribution < 1.29 is 0 Å². The van der Waals surface area contributed by atoms with Gasteiger partial charge in [0.1, 0.15) is 5.01 Å². The SMILES string of the molecule is CC(C)N1CC2CC(C1)N2Cc1nc(C2CC2)cs1. The van der Waals surface area contributed by atoms with Crippen LogP contribution in [-0.2, 0) is 6.54 Å². The van der Waals surface area contributed by atoms with Crippen molar-refractivity contribution in [2.75, 3.05) is 13.1 Å². The van der Waals surface area contributed by atoms with Crippen LogP contribution in [-0.4, -0.2) is 46.0 Å². The molecule has 104 valence electrons. The highest BCUT2D eigenvalue weighted by Gasteiger charge is 2.45. The molecule has 0 amide bonds. The van der Waals surface area contributed by atoms with Crippen LogP contribution in [0, 0.1) is 0 Å². The number of hydrogen-bond acceptors (Lipinski definition) is 4. The van der Waals surface area contributed by atoms with Gasteiger partial charge in [-0.1, -0.05) is 0 Å². The molecule has 4 fully saturated rings. The molecule has 2 bridgehead atoms. The lowest BCUT2D eigenvalue weighted by Crippen LogP contribution is -2.68. The summed E-state index contributed by atoms with van der Waals surface area (Å²) in [7, 11) is 0. The second-order valence-corrected chi connectivity index (χ2v) is 7.65. The molecule has 4 heterocycles. The standard InChI is InChI=1S/C15H23N3S/c1-10(2)17-6-12-5-13(7-17)18(12)8-15-16-14(9-19-15)11-3-4-11/h9-13H,3-8H2,1-2H3. The molecule has 2 atom stereocenters. The number of nitrogens with zero attached hydrogens (tertiary/aromatic N) is 3. The quantitative estimate of drug-likeness (QED) is 0.843. The van der Waals surface area contributed by atoms with E-state index in [-0.39, 0.29) is 0 Å². The lowest BCUT2D eigenvalue weighted by molar-refractivity contribution is -0.0835. The Morgan fingerprint density at radius 1 is 1.32 bits per heavy atom. The summed E-state index contributed by atoms with van der Waals surface area (Å²) in [6, 6.07) is 2.28. The molecule has 5 rings (SSSR count). The number of piperazine rings is 1. The topological polar surface area (TPSA) is 19.4 Å². The van der Waals surface area contributed by atoms with Crippen molar-refractivity contribution in [3.05, 3.63) is 16.1 Å². The third-order valence-electron chi connectivity index (χ3n) is 4.99. The molecule has 0 aromatic carbocycles. The Labute approximate surface area is 119 Å². The number of aromatic nitrogens is 1. The van der Waals surface area contributed by atoms with E-state index in [1.165, 1.54) is 43.1 Å². The molecule has 1 aromatic rings. The second-order valence-electron chi connectivity index (χ2n) is 6.70. The van der Waals surface area contributed by atoms with Crippen LogP contribution < -0.4 is 0 Å². The summed E-state index contributed by atoms with van der Waals surface area (Å²) >= 11 is 1.87. The molecule has 0 spiro atoms. The van der Waals surface area contributed by atoms with Gasteiger partial charge in [0.2, 0.25) is 0 Å². The van der Waals surface area contributed by atoms with E-state index in [2.05, 4.69) is 29.0 Å². The van der Waals surface area contributed by atoms with Crippen LogP contribution >= 0.6 is 11.3 Å². The Kier molecular flexibility index (Phi) is 2.94. The molecule has 2 unspecified atom stereocenters. The first-order valence-corrected chi connectivity index (χ1v) is 8.53. The zero-order valence-electron chi connectivity index (χ0n) is 11.9. The van der Waals surface area contributed by atoms with Gasteiger partial charge >= 0.3 is 0 Å². The second kappa shape index (κ2) is 4.54. The summed E-state index contributed by atoms with van der Waals surface area (Å²) in [4.78, 5) is 10.2. The summed E-state index contributed by atoms with van der Waals surface area (Å²) in [6.07, 6.45) is 4.13. The van der Waals surface area contributed by atoms with Gasteiger partial charge in [-0.3, -0.25) is 9.80 Å². The predicted octanol–water partition coefficient (Wildman–Crippen LogP) is 2.69. The molecular weight excluding hydrogens is 254 g/mol. The van der Waals surface area contributed by atoms with Gasteiger partial charge in [0, 0.05) is 42.5 Å². The first kappa shape index (κ1) is 12.3. The van der Waals surface area contributed by atoms with E-state index in [9.17, 15) is 0 Å². The minimum atomic E-state index is 0.703. The van der Waals surface area contributed by atoms with Crippen LogP contribution in [0.25, 0.3) is 0 Å². The molecule has 3 aliphatic heterocycles. The van der Waals surface area contributed by atoms with Crippen LogP contribution in [0.2, 0.25) is 0 Å². The fraction of sp³-hybridized carbons (Fsp3) is 0.800. The van der Waals surface area contributed by atoms with Crippen molar-refractivity contribution in [3.63, 3.8) is 0 Å². The van der Waals surface area contributed by atoms with Crippen LogP contribution in [0.4, 0.5) is 0 Å². The minimum Gasteiger partial charge on any atom is -0.298 e. The van der Waals surface area contributed by atoms with Crippen LogP contribution in [0.3, 0.4) is 0 Å². The smallest absolute Gasteiger partial charge is 0.107 e. The number of fused-ring (bicyclic) bond motifs is 2. The molecule has 3 saturated heterocycles. The van der Waals surface area contributed by atoms with Gasteiger partial charge in [0.05, 0.1) is 12.2 Å². The Morgan fingerprint density at radius 2 is 2.05 bits per heavy atom. The highest BCUT2D eigenvalue weighted by Crippen LogP contribution is 2.41. The van der Waals surface area contributed by atoms with Gasteiger partial charge in [0.25, 0.3) is 0 Å². The van der Waals surface area contributed by atoms with E-state index in [0.717, 1.165) is 24.5 Å². The Morgan fingerprint density at radius 3 is 2.68 bits per heavy atom. The molecule has 0 N–H and O–H groups in total. The molecular formula is C15H23N3S. The molecule has 19 heavy (non-hydrogen) atoms. The van der Waals surface area contributed by atoms with E-state index in [4.69, 9.17) is 4.98 Å². The summed E-state index contributed by atoms with van der Waals surface area (Å²) in [5, 5.41) is 3.64. The normalized spacial score (nSPS) is 31.7. The lowest BCUT2D eigenvalue weighted by Gasteiger charge is -2.57. The largest absolute Gasteiger partial charge is 0.298 e. The van der Waals surface area contributed by atoms with Crippen molar-refractivity contribution in [1.29, 1.82) is 0 Å². The molecule has 4 aliphatic rings. The fourth-order valence-corrected chi connectivity index (χ4v) is 4.40. The zero-order chi connectivity index (χ0) is 13.0.